The molecule has 2 fully saturated rings. The lowest BCUT2D eigenvalue weighted by molar-refractivity contribution is 0.0536. The molecule has 0 spiro atoms. The summed E-state index contributed by atoms with van der Waals surface area (Å²) in [5.41, 5.74) is 5.80. The second-order valence-electron chi connectivity index (χ2n) is 6.87. The van der Waals surface area contributed by atoms with E-state index in [-0.39, 0.29) is 12.1 Å². The molecule has 2 rings (SSSR count). The van der Waals surface area contributed by atoms with Crippen molar-refractivity contribution < 1.29 is 5.11 Å². The third kappa shape index (κ3) is 3.96. The van der Waals surface area contributed by atoms with Crippen molar-refractivity contribution in [2.45, 2.75) is 83.3 Å². The molecule has 2 aliphatic rings. The molecular formula is C16H31NO. The molecule has 2 atom stereocenters. The minimum Gasteiger partial charge on any atom is -0.391 e. The Morgan fingerprint density at radius 2 is 1.50 bits per heavy atom. The van der Waals surface area contributed by atoms with Crippen molar-refractivity contribution in [3.8, 4) is 0 Å². The van der Waals surface area contributed by atoms with Gasteiger partial charge in [-0.05, 0) is 43.9 Å². The van der Waals surface area contributed by atoms with Crippen LogP contribution in [0.3, 0.4) is 0 Å². The van der Waals surface area contributed by atoms with Gasteiger partial charge in [0.25, 0.3) is 0 Å². The van der Waals surface area contributed by atoms with Gasteiger partial charge < -0.3 is 10.8 Å². The molecule has 3 N–H and O–H groups in total. The lowest BCUT2D eigenvalue weighted by Crippen LogP contribution is -2.39. The predicted molar refractivity (Wildman–Crippen MR) is 76.3 cm³/mol. The Kier molecular flexibility index (Phi) is 5.50. The zero-order chi connectivity index (χ0) is 13.0. The molecule has 0 aromatic heterocycles. The van der Waals surface area contributed by atoms with Crippen LogP contribution in [0, 0.1) is 17.8 Å². The van der Waals surface area contributed by atoms with Gasteiger partial charge in [-0.2, -0.15) is 0 Å². The first kappa shape index (κ1) is 14.3. The maximum atomic E-state index is 10.0. The van der Waals surface area contributed by atoms with Crippen LogP contribution in [0.2, 0.25) is 0 Å². The molecule has 0 saturated heterocycles. The van der Waals surface area contributed by atoms with Gasteiger partial charge in [-0.1, -0.05) is 44.9 Å². The smallest absolute Gasteiger partial charge is 0.0716 e. The topological polar surface area (TPSA) is 46.2 Å². The summed E-state index contributed by atoms with van der Waals surface area (Å²) < 4.78 is 0. The van der Waals surface area contributed by atoms with Crippen molar-refractivity contribution in [2.24, 2.45) is 23.5 Å². The van der Waals surface area contributed by atoms with Crippen molar-refractivity contribution in [2.75, 3.05) is 0 Å². The summed E-state index contributed by atoms with van der Waals surface area (Å²) in [5.74, 6) is 2.41. The van der Waals surface area contributed by atoms with Crippen molar-refractivity contribution in [3.05, 3.63) is 0 Å². The van der Waals surface area contributed by atoms with Gasteiger partial charge in [0.2, 0.25) is 0 Å². The van der Waals surface area contributed by atoms with Gasteiger partial charge in [0.15, 0.2) is 0 Å². The molecule has 0 aromatic carbocycles. The summed E-state index contributed by atoms with van der Waals surface area (Å²) in [5, 5.41) is 10.0. The fraction of sp³-hybridized carbons (Fsp3) is 1.00. The Balaban J connectivity index is 1.69. The van der Waals surface area contributed by atoms with Crippen molar-refractivity contribution in [1.29, 1.82) is 0 Å². The zero-order valence-electron chi connectivity index (χ0n) is 12.0. The van der Waals surface area contributed by atoms with Gasteiger partial charge in [0.05, 0.1) is 6.10 Å². The molecule has 0 heterocycles. The maximum Gasteiger partial charge on any atom is 0.0716 e. The summed E-state index contributed by atoms with van der Waals surface area (Å²) in [6.45, 7) is 1.93. The minimum absolute atomic E-state index is 0.0649. The second-order valence-corrected chi connectivity index (χ2v) is 6.87. The van der Waals surface area contributed by atoms with E-state index in [0.29, 0.717) is 5.92 Å². The number of aliphatic hydroxyl groups excluding tert-OH is 1. The predicted octanol–water partition coefficient (Wildman–Crippen LogP) is 3.47. The lowest BCUT2D eigenvalue weighted by Gasteiger charge is -2.35. The molecule has 2 heteroatoms. The first-order valence-electron chi connectivity index (χ1n) is 8.10. The highest BCUT2D eigenvalue weighted by molar-refractivity contribution is 4.82. The first-order valence-corrected chi connectivity index (χ1v) is 8.10. The standard InChI is InChI=1S/C16H31NO/c1-12(17)16(18)15-9-7-14(8-10-15)11-13-5-3-2-4-6-13/h12-16,18H,2-11,17H2,1H3/t12?,14?,15?,16-/m0/s1. The maximum absolute atomic E-state index is 10.0. The Bertz CT molecular complexity index is 227. The Morgan fingerprint density at radius 3 is 2.06 bits per heavy atom. The summed E-state index contributed by atoms with van der Waals surface area (Å²) >= 11 is 0. The van der Waals surface area contributed by atoms with Crippen molar-refractivity contribution in [3.63, 3.8) is 0 Å². The summed E-state index contributed by atoms with van der Waals surface area (Å²) in [6.07, 6.45) is 13.6. The fourth-order valence-corrected chi connectivity index (χ4v) is 4.09. The van der Waals surface area contributed by atoms with Crippen molar-refractivity contribution in [1.82, 2.24) is 0 Å². The van der Waals surface area contributed by atoms with E-state index < -0.39 is 0 Å². The van der Waals surface area contributed by atoms with E-state index in [2.05, 4.69) is 0 Å². The van der Waals surface area contributed by atoms with E-state index in [0.717, 1.165) is 11.8 Å². The molecular weight excluding hydrogens is 222 g/mol. The highest BCUT2D eigenvalue weighted by Gasteiger charge is 2.29. The normalized spacial score (nSPS) is 34.2. The van der Waals surface area contributed by atoms with E-state index in [4.69, 9.17) is 5.73 Å². The van der Waals surface area contributed by atoms with E-state index in [1.54, 1.807) is 0 Å². The van der Waals surface area contributed by atoms with Crippen LogP contribution in [0.4, 0.5) is 0 Å². The molecule has 2 nitrogen and oxygen atoms in total. The molecule has 18 heavy (non-hydrogen) atoms. The monoisotopic (exact) mass is 253 g/mol. The summed E-state index contributed by atoms with van der Waals surface area (Å²) in [7, 11) is 0. The first-order chi connectivity index (χ1) is 8.66. The van der Waals surface area contributed by atoms with Crippen molar-refractivity contribution >= 4 is 0 Å². The molecule has 0 bridgehead atoms. The molecule has 0 aliphatic heterocycles. The lowest BCUT2D eigenvalue weighted by atomic mass is 9.73. The highest BCUT2D eigenvalue weighted by atomic mass is 16.3. The number of nitrogens with two attached hydrogens (primary N) is 1. The molecule has 106 valence electrons. The molecule has 0 radical (unpaired) electrons. The van der Waals surface area contributed by atoms with Crippen LogP contribution >= 0.6 is 0 Å². The van der Waals surface area contributed by atoms with Gasteiger partial charge >= 0.3 is 0 Å². The van der Waals surface area contributed by atoms with E-state index in [1.807, 2.05) is 6.92 Å². The molecule has 0 aromatic rings. The number of hydrogen-bond acceptors (Lipinski definition) is 2. The van der Waals surface area contributed by atoms with Crippen LogP contribution in [0.1, 0.15) is 71.1 Å². The molecule has 2 saturated carbocycles. The largest absolute Gasteiger partial charge is 0.391 e. The Hall–Kier alpha value is -0.0800. The second kappa shape index (κ2) is 6.91. The average Bonchev–Trinajstić information content (AvgIpc) is 2.40. The third-order valence-corrected chi connectivity index (χ3v) is 5.30. The van der Waals surface area contributed by atoms with Gasteiger partial charge in [-0.15, -0.1) is 0 Å². The van der Waals surface area contributed by atoms with E-state index in [1.165, 1.54) is 64.2 Å². The average molecular weight is 253 g/mol. The van der Waals surface area contributed by atoms with Gasteiger partial charge in [-0.25, -0.2) is 0 Å². The SMILES string of the molecule is CC(N)[C@H](O)C1CCC(CC2CCCCC2)CC1. The number of aliphatic hydroxyl groups is 1. The number of hydrogen-bond donors (Lipinski definition) is 2. The Morgan fingerprint density at radius 1 is 0.944 bits per heavy atom. The molecule has 2 aliphatic carbocycles. The highest BCUT2D eigenvalue weighted by Crippen LogP contribution is 2.38. The van der Waals surface area contributed by atoms with Crippen LogP contribution < -0.4 is 5.73 Å². The zero-order valence-corrected chi connectivity index (χ0v) is 12.0. The number of rotatable bonds is 4. The van der Waals surface area contributed by atoms with Crippen LogP contribution in [-0.2, 0) is 0 Å². The van der Waals surface area contributed by atoms with Crippen LogP contribution in [0.5, 0.6) is 0 Å². The van der Waals surface area contributed by atoms with Gasteiger partial charge in [-0.3, -0.25) is 0 Å². The van der Waals surface area contributed by atoms with Crippen LogP contribution in [0.15, 0.2) is 0 Å². The summed E-state index contributed by atoms with van der Waals surface area (Å²) in [4.78, 5) is 0. The Labute approximate surface area is 112 Å². The van der Waals surface area contributed by atoms with Crippen LogP contribution in [0.25, 0.3) is 0 Å². The third-order valence-electron chi connectivity index (χ3n) is 5.30. The summed E-state index contributed by atoms with van der Waals surface area (Å²) in [6, 6.07) is -0.0649. The van der Waals surface area contributed by atoms with Gasteiger partial charge in [0.1, 0.15) is 0 Å². The van der Waals surface area contributed by atoms with E-state index in [9.17, 15) is 5.11 Å². The van der Waals surface area contributed by atoms with E-state index >= 15 is 0 Å². The minimum atomic E-state index is -0.277. The fourth-order valence-electron chi connectivity index (χ4n) is 4.09. The van der Waals surface area contributed by atoms with Crippen LogP contribution in [-0.4, -0.2) is 17.3 Å². The molecule has 1 unspecified atom stereocenters. The van der Waals surface area contributed by atoms with Gasteiger partial charge in [0, 0.05) is 6.04 Å². The quantitative estimate of drug-likeness (QED) is 0.806. The molecule has 0 amide bonds.